The molecule has 1 N–H and O–H groups in total. The molecule has 0 unspecified atom stereocenters. The zero-order valence-corrected chi connectivity index (χ0v) is 12.5. The molecule has 0 fully saturated rings. The van der Waals surface area contributed by atoms with Gasteiger partial charge >= 0.3 is 0 Å². The van der Waals surface area contributed by atoms with Crippen LogP contribution in [0.1, 0.15) is 10.4 Å². The fraction of sp³-hybridized carbons (Fsp3) is 0. The van der Waals surface area contributed by atoms with Crippen LogP contribution in [0.4, 0.5) is 5.69 Å². The molecule has 0 heterocycles. The van der Waals surface area contributed by atoms with Crippen LogP contribution >= 0.6 is 11.6 Å². The molecule has 3 rings (SSSR count). The fourth-order valence-corrected chi connectivity index (χ4v) is 2.41. The lowest BCUT2D eigenvalue weighted by molar-refractivity contribution is 0.102. The summed E-state index contributed by atoms with van der Waals surface area (Å²) < 4.78 is 0. The quantitative estimate of drug-likeness (QED) is 0.702. The molecule has 0 bridgehead atoms. The highest BCUT2D eigenvalue weighted by molar-refractivity contribution is 6.30. The molecule has 0 aliphatic heterocycles. The lowest BCUT2D eigenvalue weighted by atomic mass is 9.99. The molecular formula is C19H14ClNO. The Hall–Kier alpha value is -2.58. The van der Waals surface area contributed by atoms with Crippen LogP contribution in [0.2, 0.25) is 5.02 Å². The van der Waals surface area contributed by atoms with E-state index in [4.69, 9.17) is 11.6 Å². The Morgan fingerprint density at radius 2 is 1.41 bits per heavy atom. The number of amides is 1. The Bertz CT molecular complexity index is 782. The third-order valence-corrected chi connectivity index (χ3v) is 3.61. The molecule has 1 amide bonds. The third kappa shape index (κ3) is 3.18. The second-order valence-corrected chi connectivity index (χ2v) is 5.31. The zero-order valence-electron chi connectivity index (χ0n) is 11.8. The van der Waals surface area contributed by atoms with Crippen molar-refractivity contribution in [1.82, 2.24) is 0 Å². The maximum atomic E-state index is 12.5. The first-order valence-corrected chi connectivity index (χ1v) is 7.33. The first-order valence-electron chi connectivity index (χ1n) is 6.95. The maximum Gasteiger partial charge on any atom is 0.256 e. The van der Waals surface area contributed by atoms with E-state index in [9.17, 15) is 4.79 Å². The highest BCUT2D eigenvalue weighted by Crippen LogP contribution is 2.25. The monoisotopic (exact) mass is 307 g/mol. The molecule has 3 aromatic rings. The van der Waals surface area contributed by atoms with Crippen molar-refractivity contribution in [3.63, 3.8) is 0 Å². The maximum absolute atomic E-state index is 12.5. The molecule has 0 radical (unpaired) electrons. The van der Waals surface area contributed by atoms with Gasteiger partial charge in [0.25, 0.3) is 5.91 Å². The predicted molar refractivity (Wildman–Crippen MR) is 91.3 cm³/mol. The number of rotatable bonds is 3. The summed E-state index contributed by atoms with van der Waals surface area (Å²) in [5, 5.41) is 3.59. The number of carbonyl (C=O) groups is 1. The van der Waals surface area contributed by atoms with Gasteiger partial charge in [0.15, 0.2) is 0 Å². The molecule has 0 saturated heterocycles. The number of benzene rings is 3. The van der Waals surface area contributed by atoms with Gasteiger partial charge in [0.05, 0.1) is 0 Å². The van der Waals surface area contributed by atoms with Crippen LogP contribution < -0.4 is 5.32 Å². The second kappa shape index (κ2) is 6.46. The van der Waals surface area contributed by atoms with Crippen LogP contribution in [0.15, 0.2) is 78.9 Å². The molecule has 3 heteroatoms. The number of para-hydroxylation sites is 1. The van der Waals surface area contributed by atoms with E-state index in [1.165, 1.54) is 0 Å². The summed E-state index contributed by atoms with van der Waals surface area (Å²) in [5.74, 6) is -0.128. The van der Waals surface area contributed by atoms with Crippen LogP contribution in [0, 0.1) is 0 Å². The molecule has 0 aliphatic rings. The number of carbonyl (C=O) groups excluding carboxylic acids is 1. The van der Waals surface area contributed by atoms with E-state index in [1.54, 1.807) is 0 Å². The average Bonchev–Trinajstić information content (AvgIpc) is 2.56. The van der Waals surface area contributed by atoms with Crippen molar-refractivity contribution < 1.29 is 4.79 Å². The Labute approximate surface area is 134 Å². The highest BCUT2D eigenvalue weighted by atomic mass is 35.5. The fourth-order valence-electron chi connectivity index (χ4n) is 2.28. The van der Waals surface area contributed by atoms with Gasteiger partial charge in [-0.3, -0.25) is 4.79 Å². The standard InChI is InChI=1S/C19H14ClNO/c20-15-12-10-14(11-13-15)17-8-4-5-9-18(17)19(22)21-16-6-2-1-3-7-16/h1-13H,(H,21,22). The largest absolute Gasteiger partial charge is 0.322 e. The van der Waals surface area contributed by atoms with E-state index in [-0.39, 0.29) is 5.91 Å². The van der Waals surface area contributed by atoms with E-state index < -0.39 is 0 Å². The molecular weight excluding hydrogens is 294 g/mol. The molecule has 0 saturated carbocycles. The Morgan fingerprint density at radius 3 is 2.14 bits per heavy atom. The molecule has 22 heavy (non-hydrogen) atoms. The lowest BCUT2D eigenvalue weighted by Gasteiger charge is -2.10. The van der Waals surface area contributed by atoms with Crippen molar-refractivity contribution in [2.75, 3.05) is 5.32 Å². The summed E-state index contributed by atoms with van der Waals surface area (Å²) in [6, 6.07) is 24.4. The van der Waals surface area contributed by atoms with Gasteiger partial charge in [0, 0.05) is 16.3 Å². The second-order valence-electron chi connectivity index (χ2n) is 4.87. The SMILES string of the molecule is O=C(Nc1ccccc1)c1ccccc1-c1ccc(Cl)cc1. The van der Waals surface area contributed by atoms with Crippen molar-refractivity contribution in [1.29, 1.82) is 0 Å². The first kappa shape index (κ1) is 14.4. The lowest BCUT2D eigenvalue weighted by Crippen LogP contribution is -2.12. The third-order valence-electron chi connectivity index (χ3n) is 3.36. The van der Waals surface area contributed by atoms with Gasteiger partial charge in [-0.15, -0.1) is 0 Å². The van der Waals surface area contributed by atoms with E-state index in [0.29, 0.717) is 10.6 Å². The summed E-state index contributed by atoms with van der Waals surface area (Å²) >= 11 is 5.93. The van der Waals surface area contributed by atoms with Crippen molar-refractivity contribution in [2.45, 2.75) is 0 Å². The highest BCUT2D eigenvalue weighted by Gasteiger charge is 2.12. The minimum Gasteiger partial charge on any atom is -0.322 e. The van der Waals surface area contributed by atoms with Crippen LogP contribution in [0.5, 0.6) is 0 Å². The molecule has 0 spiro atoms. The van der Waals surface area contributed by atoms with E-state index in [1.807, 2.05) is 78.9 Å². The van der Waals surface area contributed by atoms with Crippen LogP contribution in [0.25, 0.3) is 11.1 Å². The molecule has 3 aromatic carbocycles. The van der Waals surface area contributed by atoms with Gasteiger partial charge in [0.1, 0.15) is 0 Å². The number of halogens is 1. The summed E-state index contributed by atoms with van der Waals surface area (Å²) in [5.41, 5.74) is 3.25. The van der Waals surface area contributed by atoms with Crippen molar-refractivity contribution >= 4 is 23.2 Å². The summed E-state index contributed by atoms with van der Waals surface area (Å²) in [7, 11) is 0. The minimum absolute atomic E-state index is 0.128. The number of hydrogen-bond acceptors (Lipinski definition) is 1. The molecule has 0 aromatic heterocycles. The Morgan fingerprint density at radius 1 is 0.773 bits per heavy atom. The minimum atomic E-state index is -0.128. The van der Waals surface area contributed by atoms with Gasteiger partial charge in [-0.1, -0.05) is 60.1 Å². The number of nitrogens with one attached hydrogen (secondary N) is 1. The van der Waals surface area contributed by atoms with Gasteiger partial charge < -0.3 is 5.32 Å². The smallest absolute Gasteiger partial charge is 0.256 e. The zero-order chi connectivity index (χ0) is 15.4. The molecule has 0 aliphatic carbocycles. The van der Waals surface area contributed by atoms with Crippen molar-refractivity contribution in [2.24, 2.45) is 0 Å². The van der Waals surface area contributed by atoms with Crippen molar-refractivity contribution in [3.8, 4) is 11.1 Å². The van der Waals surface area contributed by atoms with Crippen LogP contribution in [-0.2, 0) is 0 Å². The van der Waals surface area contributed by atoms with Gasteiger partial charge in [0.2, 0.25) is 0 Å². The van der Waals surface area contributed by atoms with Crippen molar-refractivity contribution in [3.05, 3.63) is 89.4 Å². The number of hydrogen-bond donors (Lipinski definition) is 1. The van der Waals surface area contributed by atoms with E-state index in [0.717, 1.165) is 16.8 Å². The molecule has 108 valence electrons. The predicted octanol–water partition coefficient (Wildman–Crippen LogP) is 5.26. The normalized spacial score (nSPS) is 10.2. The average molecular weight is 308 g/mol. The van der Waals surface area contributed by atoms with Gasteiger partial charge in [-0.2, -0.15) is 0 Å². The summed E-state index contributed by atoms with van der Waals surface area (Å²) in [4.78, 5) is 12.5. The summed E-state index contributed by atoms with van der Waals surface area (Å²) in [6.07, 6.45) is 0. The first-order chi connectivity index (χ1) is 10.7. The topological polar surface area (TPSA) is 29.1 Å². The number of anilines is 1. The van der Waals surface area contributed by atoms with Crippen LogP contribution in [0.3, 0.4) is 0 Å². The van der Waals surface area contributed by atoms with E-state index >= 15 is 0 Å². The van der Waals surface area contributed by atoms with Gasteiger partial charge in [-0.25, -0.2) is 0 Å². The Balaban J connectivity index is 1.94. The van der Waals surface area contributed by atoms with Crippen LogP contribution in [-0.4, -0.2) is 5.91 Å². The van der Waals surface area contributed by atoms with Gasteiger partial charge in [-0.05, 0) is 41.5 Å². The summed E-state index contributed by atoms with van der Waals surface area (Å²) in [6.45, 7) is 0. The van der Waals surface area contributed by atoms with E-state index in [2.05, 4.69) is 5.32 Å². The molecule has 2 nitrogen and oxygen atoms in total. The molecule has 0 atom stereocenters. The Kier molecular flexibility index (Phi) is 4.22.